The molecule has 0 rings (SSSR count). The van der Waals surface area contributed by atoms with Gasteiger partial charge in [-0.1, -0.05) is 6.58 Å². The first kappa shape index (κ1) is 6.88. The summed E-state index contributed by atoms with van der Waals surface area (Å²) in [4.78, 5) is 10.2. The summed E-state index contributed by atoms with van der Waals surface area (Å²) < 4.78 is 0. The second-order valence-electron chi connectivity index (χ2n) is 1.07. The Balaban J connectivity index is 3.39. The molecule has 0 bridgehead atoms. The van der Waals surface area contributed by atoms with Crippen LogP contribution < -0.4 is 5.43 Å². The van der Waals surface area contributed by atoms with Gasteiger partial charge in [-0.25, -0.2) is 5.43 Å². The van der Waals surface area contributed by atoms with Crippen molar-refractivity contribution in [1.82, 2.24) is 5.43 Å². The molecule has 0 unspecified atom stereocenters. The van der Waals surface area contributed by atoms with Crippen molar-refractivity contribution >= 4 is 12.1 Å². The highest BCUT2D eigenvalue weighted by molar-refractivity contribution is 5.86. The highest BCUT2D eigenvalue weighted by Gasteiger charge is 1.83. The van der Waals surface area contributed by atoms with E-state index in [0.29, 0.717) is 0 Å². The van der Waals surface area contributed by atoms with Crippen LogP contribution in [0.15, 0.2) is 17.8 Å². The highest BCUT2D eigenvalue weighted by Crippen LogP contribution is 1.63. The molecule has 0 spiro atoms. The third kappa shape index (κ3) is 3.08. The predicted molar refractivity (Wildman–Crippen MR) is 32.5 cm³/mol. The molecule has 0 aliphatic heterocycles. The van der Waals surface area contributed by atoms with Crippen LogP contribution in [0.25, 0.3) is 0 Å². The third-order valence-corrected chi connectivity index (χ3v) is 0.489. The molecule has 0 aliphatic carbocycles. The number of carbonyl (C=O) groups is 1. The van der Waals surface area contributed by atoms with Crippen molar-refractivity contribution in [3.63, 3.8) is 0 Å². The van der Waals surface area contributed by atoms with Gasteiger partial charge in [0, 0.05) is 6.21 Å². The summed E-state index contributed by atoms with van der Waals surface area (Å²) in [7, 11) is 0. The Bertz CT molecular complexity index is 118. The van der Waals surface area contributed by atoms with Crippen LogP contribution in [-0.2, 0) is 4.79 Å². The number of rotatable bonds is 2. The van der Waals surface area contributed by atoms with Gasteiger partial charge >= 0.3 is 0 Å². The van der Waals surface area contributed by atoms with Crippen LogP contribution in [0, 0.1) is 0 Å². The van der Waals surface area contributed by atoms with E-state index in [4.69, 9.17) is 0 Å². The van der Waals surface area contributed by atoms with Crippen LogP contribution in [0.3, 0.4) is 0 Å². The van der Waals surface area contributed by atoms with Crippen LogP contribution in [0.4, 0.5) is 0 Å². The minimum Gasteiger partial charge on any atom is -0.268 e. The predicted octanol–water partition coefficient (Wildman–Crippen LogP) is 0.294. The molecule has 0 aliphatic rings. The van der Waals surface area contributed by atoms with Gasteiger partial charge in [-0.3, -0.25) is 4.79 Å². The van der Waals surface area contributed by atoms with E-state index in [1.165, 1.54) is 6.21 Å². The van der Waals surface area contributed by atoms with Gasteiger partial charge < -0.3 is 0 Å². The number of nitrogens with zero attached hydrogens (tertiary/aromatic N) is 1. The van der Waals surface area contributed by atoms with E-state index >= 15 is 0 Å². The maximum absolute atomic E-state index is 10.2. The van der Waals surface area contributed by atoms with Crippen molar-refractivity contribution in [2.24, 2.45) is 5.10 Å². The molecule has 3 heteroatoms. The maximum Gasteiger partial charge on any atom is 0.263 e. The number of carbonyl (C=O) groups excluding carboxylic acids is 1. The van der Waals surface area contributed by atoms with E-state index in [0.717, 1.165) is 6.08 Å². The van der Waals surface area contributed by atoms with Gasteiger partial charge in [-0.2, -0.15) is 5.10 Å². The fraction of sp³-hybridized carbons (Fsp3) is 0.200. The Hall–Kier alpha value is -1.12. The van der Waals surface area contributed by atoms with Crippen LogP contribution >= 0.6 is 0 Å². The Labute approximate surface area is 48.1 Å². The standard InChI is InChI=1S/C5H8N2O/c1-3-5(8)7-6-4-2/h3-4H,1H2,2H3,(H,7,8)/b6-4+. The summed E-state index contributed by atoms with van der Waals surface area (Å²) in [5.74, 6) is -0.289. The van der Waals surface area contributed by atoms with Gasteiger partial charge in [0.2, 0.25) is 0 Å². The van der Waals surface area contributed by atoms with Crippen molar-refractivity contribution < 1.29 is 4.79 Å². The normalized spacial score (nSPS) is 9.12. The van der Waals surface area contributed by atoms with Crippen molar-refractivity contribution in [2.75, 3.05) is 0 Å². The summed E-state index contributed by atoms with van der Waals surface area (Å²) in [5.41, 5.74) is 2.19. The van der Waals surface area contributed by atoms with E-state index in [1.54, 1.807) is 6.92 Å². The molecule has 8 heavy (non-hydrogen) atoms. The Morgan fingerprint density at radius 1 is 1.88 bits per heavy atom. The lowest BCUT2D eigenvalue weighted by atomic mass is 10.6. The number of hydrogen-bond donors (Lipinski definition) is 1. The Kier molecular flexibility index (Phi) is 3.48. The number of hydrazone groups is 1. The van der Waals surface area contributed by atoms with Crippen LogP contribution in [0.1, 0.15) is 6.92 Å². The first-order valence-electron chi connectivity index (χ1n) is 2.21. The van der Waals surface area contributed by atoms with Gasteiger partial charge in [-0.15, -0.1) is 0 Å². The van der Waals surface area contributed by atoms with Crippen molar-refractivity contribution in [1.29, 1.82) is 0 Å². The minimum absolute atomic E-state index is 0.289. The number of amides is 1. The van der Waals surface area contributed by atoms with Crippen molar-refractivity contribution in [3.05, 3.63) is 12.7 Å². The van der Waals surface area contributed by atoms with Gasteiger partial charge in [-0.05, 0) is 13.0 Å². The summed E-state index contributed by atoms with van der Waals surface area (Å²) >= 11 is 0. The molecule has 3 nitrogen and oxygen atoms in total. The molecule has 0 saturated carbocycles. The maximum atomic E-state index is 10.2. The van der Waals surface area contributed by atoms with Gasteiger partial charge in [0.1, 0.15) is 0 Å². The lowest BCUT2D eigenvalue weighted by Gasteiger charge is -1.86. The first-order valence-corrected chi connectivity index (χ1v) is 2.21. The van der Waals surface area contributed by atoms with Crippen LogP contribution in [0.5, 0.6) is 0 Å². The van der Waals surface area contributed by atoms with E-state index in [9.17, 15) is 4.79 Å². The zero-order valence-electron chi connectivity index (χ0n) is 4.72. The topological polar surface area (TPSA) is 41.5 Å². The molecule has 1 N–H and O–H groups in total. The summed E-state index contributed by atoms with van der Waals surface area (Å²) in [6.45, 7) is 4.94. The summed E-state index contributed by atoms with van der Waals surface area (Å²) in [6, 6.07) is 0. The molecule has 0 aromatic carbocycles. The molecule has 0 atom stereocenters. The van der Waals surface area contributed by atoms with E-state index in [1.807, 2.05) is 0 Å². The molecule has 0 saturated heterocycles. The fourth-order valence-corrected chi connectivity index (χ4v) is 0.174. The smallest absolute Gasteiger partial charge is 0.263 e. The second kappa shape index (κ2) is 4.05. The molecule has 44 valence electrons. The summed E-state index contributed by atoms with van der Waals surface area (Å²) in [6.07, 6.45) is 2.65. The zero-order chi connectivity index (χ0) is 6.41. The Morgan fingerprint density at radius 2 is 2.50 bits per heavy atom. The lowest BCUT2D eigenvalue weighted by Crippen LogP contribution is -2.12. The lowest BCUT2D eigenvalue weighted by molar-refractivity contribution is -0.116. The molecule has 0 radical (unpaired) electrons. The van der Waals surface area contributed by atoms with E-state index < -0.39 is 0 Å². The average molecular weight is 112 g/mol. The first-order chi connectivity index (χ1) is 3.81. The zero-order valence-corrected chi connectivity index (χ0v) is 4.72. The van der Waals surface area contributed by atoms with Crippen LogP contribution in [0.2, 0.25) is 0 Å². The quantitative estimate of drug-likeness (QED) is 0.311. The molecule has 0 aromatic heterocycles. The van der Waals surface area contributed by atoms with Crippen molar-refractivity contribution in [3.8, 4) is 0 Å². The fourth-order valence-electron chi connectivity index (χ4n) is 0.174. The monoisotopic (exact) mass is 112 g/mol. The molecular formula is C5H8N2O. The third-order valence-electron chi connectivity index (χ3n) is 0.489. The molecule has 1 amide bonds. The number of hydrogen-bond acceptors (Lipinski definition) is 2. The molecular weight excluding hydrogens is 104 g/mol. The highest BCUT2D eigenvalue weighted by atomic mass is 16.2. The van der Waals surface area contributed by atoms with E-state index in [-0.39, 0.29) is 5.91 Å². The molecule has 0 fully saturated rings. The second-order valence-corrected chi connectivity index (χ2v) is 1.07. The van der Waals surface area contributed by atoms with E-state index in [2.05, 4.69) is 17.1 Å². The van der Waals surface area contributed by atoms with Gasteiger partial charge in [0.15, 0.2) is 0 Å². The van der Waals surface area contributed by atoms with Gasteiger partial charge in [0.05, 0.1) is 0 Å². The van der Waals surface area contributed by atoms with Crippen molar-refractivity contribution in [2.45, 2.75) is 6.92 Å². The SMILES string of the molecule is C=CC(=O)N/N=C/C. The summed E-state index contributed by atoms with van der Waals surface area (Å²) in [5, 5.41) is 3.45. The molecule has 0 heterocycles. The van der Waals surface area contributed by atoms with Gasteiger partial charge in [0.25, 0.3) is 5.91 Å². The van der Waals surface area contributed by atoms with Crippen LogP contribution in [-0.4, -0.2) is 12.1 Å². The minimum atomic E-state index is -0.289. The largest absolute Gasteiger partial charge is 0.268 e. The Morgan fingerprint density at radius 3 is 2.88 bits per heavy atom. The molecule has 0 aromatic rings. The average Bonchev–Trinajstić information content (AvgIpc) is 1.83. The number of nitrogens with one attached hydrogen (secondary N) is 1.